The van der Waals surface area contributed by atoms with Crippen molar-refractivity contribution in [1.82, 2.24) is 10.6 Å². The first-order valence-corrected chi connectivity index (χ1v) is 7.00. The standard InChI is InChI=1S/C11H24N2O2S/c1-5-12-8(2)6-11(15)13-9(3)10(7-14)16-4/h8-10,12,14H,5-7H2,1-4H3,(H,13,15). The van der Waals surface area contributed by atoms with E-state index in [0.717, 1.165) is 6.54 Å². The quantitative estimate of drug-likeness (QED) is 0.589. The second kappa shape index (κ2) is 8.84. The van der Waals surface area contributed by atoms with Crippen LogP contribution in [0.15, 0.2) is 0 Å². The van der Waals surface area contributed by atoms with Crippen LogP contribution in [0.25, 0.3) is 0 Å². The maximum Gasteiger partial charge on any atom is 0.221 e. The summed E-state index contributed by atoms with van der Waals surface area (Å²) in [6.07, 6.45) is 2.41. The number of rotatable bonds is 8. The van der Waals surface area contributed by atoms with Crippen molar-refractivity contribution in [1.29, 1.82) is 0 Å². The molecule has 0 aliphatic heterocycles. The van der Waals surface area contributed by atoms with Crippen LogP contribution in [0, 0.1) is 0 Å². The van der Waals surface area contributed by atoms with Gasteiger partial charge in [0, 0.05) is 23.8 Å². The summed E-state index contributed by atoms with van der Waals surface area (Å²) in [5, 5.41) is 15.3. The Morgan fingerprint density at radius 2 is 2.06 bits per heavy atom. The number of nitrogens with one attached hydrogen (secondary N) is 2. The van der Waals surface area contributed by atoms with Gasteiger partial charge in [-0.05, 0) is 26.6 Å². The van der Waals surface area contributed by atoms with Crippen molar-refractivity contribution in [3.8, 4) is 0 Å². The molecular weight excluding hydrogens is 224 g/mol. The number of aliphatic hydroxyl groups is 1. The van der Waals surface area contributed by atoms with Gasteiger partial charge >= 0.3 is 0 Å². The highest BCUT2D eigenvalue weighted by Crippen LogP contribution is 2.10. The Morgan fingerprint density at radius 1 is 1.44 bits per heavy atom. The van der Waals surface area contributed by atoms with E-state index in [2.05, 4.69) is 10.6 Å². The molecule has 96 valence electrons. The van der Waals surface area contributed by atoms with Gasteiger partial charge in [0.05, 0.1) is 6.61 Å². The fourth-order valence-corrected chi connectivity index (χ4v) is 2.17. The monoisotopic (exact) mass is 248 g/mol. The minimum absolute atomic E-state index is 0.00123. The SMILES string of the molecule is CCNC(C)CC(=O)NC(C)C(CO)SC. The molecule has 1 amide bonds. The van der Waals surface area contributed by atoms with Crippen LogP contribution in [-0.4, -0.2) is 47.8 Å². The van der Waals surface area contributed by atoms with Crippen LogP contribution in [0.1, 0.15) is 27.2 Å². The van der Waals surface area contributed by atoms with E-state index in [9.17, 15) is 4.79 Å². The molecule has 0 aromatic carbocycles. The Morgan fingerprint density at radius 3 is 2.50 bits per heavy atom. The number of amides is 1. The van der Waals surface area contributed by atoms with Crippen LogP contribution in [0.5, 0.6) is 0 Å². The van der Waals surface area contributed by atoms with Crippen molar-refractivity contribution >= 4 is 17.7 Å². The first-order valence-electron chi connectivity index (χ1n) is 5.71. The van der Waals surface area contributed by atoms with Gasteiger partial charge in [0.2, 0.25) is 5.91 Å². The summed E-state index contributed by atoms with van der Waals surface area (Å²) >= 11 is 1.57. The van der Waals surface area contributed by atoms with Crippen molar-refractivity contribution in [2.24, 2.45) is 0 Å². The van der Waals surface area contributed by atoms with E-state index in [1.165, 1.54) is 0 Å². The van der Waals surface area contributed by atoms with E-state index >= 15 is 0 Å². The molecule has 3 unspecified atom stereocenters. The average Bonchev–Trinajstić information content (AvgIpc) is 2.19. The lowest BCUT2D eigenvalue weighted by atomic mass is 10.2. The predicted octanol–water partition coefficient (Wildman–Crippen LogP) is 0.603. The first kappa shape index (κ1) is 15.7. The first-order chi connectivity index (χ1) is 7.54. The Labute approximate surface area is 103 Å². The van der Waals surface area contributed by atoms with Crippen LogP contribution in [0.2, 0.25) is 0 Å². The number of thioether (sulfide) groups is 1. The summed E-state index contributed by atoms with van der Waals surface area (Å²) < 4.78 is 0. The van der Waals surface area contributed by atoms with Gasteiger partial charge in [0.1, 0.15) is 0 Å². The predicted molar refractivity (Wildman–Crippen MR) is 69.7 cm³/mol. The molecule has 0 saturated carbocycles. The summed E-state index contributed by atoms with van der Waals surface area (Å²) in [4.78, 5) is 11.6. The van der Waals surface area contributed by atoms with E-state index < -0.39 is 0 Å². The molecule has 0 radical (unpaired) electrons. The minimum Gasteiger partial charge on any atom is -0.395 e. The second-order valence-corrected chi connectivity index (χ2v) is 5.05. The number of hydrogen-bond acceptors (Lipinski definition) is 4. The normalized spacial score (nSPS) is 16.6. The zero-order valence-electron chi connectivity index (χ0n) is 10.6. The van der Waals surface area contributed by atoms with Crippen LogP contribution in [0.4, 0.5) is 0 Å². The molecule has 0 aromatic rings. The molecular formula is C11H24N2O2S. The Hall–Kier alpha value is -0.260. The van der Waals surface area contributed by atoms with Crippen molar-refractivity contribution in [3.63, 3.8) is 0 Å². The average molecular weight is 248 g/mol. The molecule has 3 N–H and O–H groups in total. The van der Waals surface area contributed by atoms with Gasteiger partial charge in [0.15, 0.2) is 0 Å². The lowest BCUT2D eigenvalue weighted by Crippen LogP contribution is -2.43. The second-order valence-electron chi connectivity index (χ2n) is 3.98. The van der Waals surface area contributed by atoms with Crippen LogP contribution >= 0.6 is 11.8 Å². The maximum absolute atomic E-state index is 11.6. The van der Waals surface area contributed by atoms with Gasteiger partial charge in [-0.25, -0.2) is 0 Å². The molecule has 16 heavy (non-hydrogen) atoms. The van der Waals surface area contributed by atoms with Gasteiger partial charge in [-0.3, -0.25) is 4.79 Å². The number of aliphatic hydroxyl groups excluding tert-OH is 1. The summed E-state index contributed by atoms with van der Waals surface area (Å²) in [5.74, 6) is 0.0356. The molecule has 0 spiro atoms. The van der Waals surface area contributed by atoms with E-state index in [4.69, 9.17) is 5.11 Å². The van der Waals surface area contributed by atoms with Crippen LogP contribution in [-0.2, 0) is 4.79 Å². The van der Waals surface area contributed by atoms with Crippen molar-refractivity contribution in [3.05, 3.63) is 0 Å². The third-order valence-corrected chi connectivity index (χ3v) is 3.64. The smallest absolute Gasteiger partial charge is 0.221 e. The van der Waals surface area contributed by atoms with Crippen molar-refractivity contribution in [2.45, 2.75) is 44.5 Å². The van der Waals surface area contributed by atoms with Gasteiger partial charge in [-0.1, -0.05) is 6.92 Å². The topological polar surface area (TPSA) is 61.4 Å². The molecule has 0 bridgehead atoms. The molecule has 0 aliphatic rings. The van der Waals surface area contributed by atoms with Crippen molar-refractivity contribution < 1.29 is 9.90 Å². The highest BCUT2D eigenvalue weighted by molar-refractivity contribution is 7.99. The Balaban J connectivity index is 3.94. The van der Waals surface area contributed by atoms with Gasteiger partial charge in [-0.2, -0.15) is 11.8 Å². The third kappa shape index (κ3) is 6.35. The molecule has 0 saturated heterocycles. The third-order valence-electron chi connectivity index (χ3n) is 2.47. The largest absolute Gasteiger partial charge is 0.395 e. The van der Waals surface area contributed by atoms with E-state index in [-0.39, 0.29) is 29.8 Å². The van der Waals surface area contributed by atoms with E-state index in [0.29, 0.717) is 6.42 Å². The number of carbonyl (C=O) groups excluding carboxylic acids is 1. The summed E-state index contributed by atoms with van der Waals surface area (Å²) in [6.45, 7) is 6.89. The van der Waals surface area contributed by atoms with Crippen LogP contribution < -0.4 is 10.6 Å². The van der Waals surface area contributed by atoms with E-state index in [1.807, 2.05) is 27.0 Å². The summed E-state index contributed by atoms with van der Waals surface area (Å²) in [6, 6.07) is 0.195. The number of carbonyl (C=O) groups is 1. The molecule has 0 aliphatic carbocycles. The molecule has 0 fully saturated rings. The molecule has 4 nitrogen and oxygen atoms in total. The lowest BCUT2D eigenvalue weighted by Gasteiger charge is -2.22. The molecule has 0 aromatic heterocycles. The fraction of sp³-hybridized carbons (Fsp3) is 0.909. The summed E-state index contributed by atoms with van der Waals surface area (Å²) in [5.41, 5.74) is 0. The molecule has 0 rings (SSSR count). The van der Waals surface area contributed by atoms with Gasteiger partial charge < -0.3 is 15.7 Å². The van der Waals surface area contributed by atoms with Crippen molar-refractivity contribution in [2.75, 3.05) is 19.4 Å². The molecule has 5 heteroatoms. The fourth-order valence-electron chi connectivity index (χ4n) is 1.54. The Kier molecular flexibility index (Phi) is 8.70. The van der Waals surface area contributed by atoms with Crippen LogP contribution in [0.3, 0.4) is 0 Å². The summed E-state index contributed by atoms with van der Waals surface area (Å²) in [7, 11) is 0. The Bertz CT molecular complexity index is 198. The van der Waals surface area contributed by atoms with E-state index in [1.54, 1.807) is 11.8 Å². The lowest BCUT2D eigenvalue weighted by molar-refractivity contribution is -0.122. The minimum atomic E-state index is 0.00123. The van der Waals surface area contributed by atoms with Gasteiger partial charge in [-0.15, -0.1) is 0 Å². The number of hydrogen-bond donors (Lipinski definition) is 3. The molecule has 3 atom stereocenters. The van der Waals surface area contributed by atoms with Gasteiger partial charge in [0.25, 0.3) is 0 Å². The zero-order valence-corrected chi connectivity index (χ0v) is 11.4. The highest BCUT2D eigenvalue weighted by atomic mass is 32.2. The highest BCUT2D eigenvalue weighted by Gasteiger charge is 2.18. The molecule has 0 heterocycles. The zero-order chi connectivity index (χ0) is 12.6. The maximum atomic E-state index is 11.6.